The van der Waals surface area contributed by atoms with E-state index in [0.29, 0.717) is 0 Å². The number of nitrogens with zero attached hydrogens (tertiary/aromatic N) is 2. The summed E-state index contributed by atoms with van der Waals surface area (Å²) in [5.41, 5.74) is 4.52. The fourth-order valence-electron chi connectivity index (χ4n) is 1.34. The fourth-order valence-corrected chi connectivity index (χ4v) is 2.25. The minimum absolute atomic E-state index is 0.149. The summed E-state index contributed by atoms with van der Waals surface area (Å²) < 4.78 is 1.94. The van der Waals surface area contributed by atoms with Gasteiger partial charge in [0, 0.05) is 23.2 Å². The molecule has 2 rings (SSSR count). The van der Waals surface area contributed by atoms with Crippen molar-refractivity contribution in [3.05, 3.63) is 40.6 Å². The molecule has 0 aromatic carbocycles. The van der Waals surface area contributed by atoms with Crippen LogP contribution in [0.2, 0.25) is 0 Å². The Hall–Kier alpha value is -1.29. The Balaban J connectivity index is 1.98. The highest BCUT2D eigenvalue weighted by Gasteiger charge is 2.17. The molecule has 0 saturated carbocycles. The van der Waals surface area contributed by atoms with Crippen molar-refractivity contribution in [1.29, 1.82) is 0 Å². The third kappa shape index (κ3) is 2.64. The maximum Gasteiger partial charge on any atom is 0.0982 e. The zero-order valence-electron chi connectivity index (χ0n) is 9.90. The van der Waals surface area contributed by atoms with Crippen molar-refractivity contribution in [3.8, 4) is 0 Å². The second-order valence-corrected chi connectivity index (χ2v) is 5.68. The third-order valence-corrected chi connectivity index (χ3v) is 3.56. The van der Waals surface area contributed by atoms with Crippen LogP contribution in [0.15, 0.2) is 29.9 Å². The number of hydrogen-bond donors (Lipinski definition) is 1. The number of hydrogen-bond acceptors (Lipinski definition) is 3. The molecule has 16 heavy (non-hydrogen) atoms. The van der Waals surface area contributed by atoms with E-state index in [2.05, 4.69) is 36.6 Å². The number of aromatic nitrogens is 2. The Morgan fingerprint density at radius 1 is 1.31 bits per heavy atom. The minimum atomic E-state index is 0.149. The van der Waals surface area contributed by atoms with Crippen molar-refractivity contribution < 1.29 is 0 Å². The van der Waals surface area contributed by atoms with Crippen molar-refractivity contribution in [2.24, 2.45) is 0 Å². The average molecular weight is 235 g/mol. The van der Waals surface area contributed by atoms with Crippen LogP contribution in [0.25, 0.3) is 0 Å². The molecule has 0 unspecified atom stereocenters. The summed E-state index contributed by atoms with van der Waals surface area (Å²) in [7, 11) is 0. The minimum Gasteiger partial charge on any atom is -0.320 e. The van der Waals surface area contributed by atoms with E-state index in [0.717, 1.165) is 12.2 Å². The van der Waals surface area contributed by atoms with E-state index in [9.17, 15) is 0 Å². The first-order valence-electron chi connectivity index (χ1n) is 5.37. The van der Waals surface area contributed by atoms with E-state index in [4.69, 9.17) is 0 Å². The standard InChI is InChI=1S/C12H17N3S/c1-12(2,3)11-14-10(9-16-11)8-13-15-6-4-5-7-15/h4-7,9,13H,8H2,1-3H3. The van der Waals surface area contributed by atoms with Gasteiger partial charge in [-0.15, -0.1) is 11.3 Å². The zero-order valence-corrected chi connectivity index (χ0v) is 10.7. The fraction of sp³-hybridized carbons (Fsp3) is 0.417. The Bertz CT molecular complexity index is 437. The van der Waals surface area contributed by atoms with Gasteiger partial charge < -0.3 is 5.43 Å². The highest BCUT2D eigenvalue weighted by Crippen LogP contribution is 2.25. The molecule has 2 aromatic rings. The van der Waals surface area contributed by atoms with E-state index in [-0.39, 0.29) is 5.41 Å². The van der Waals surface area contributed by atoms with Crippen molar-refractivity contribution in [2.75, 3.05) is 5.43 Å². The molecule has 0 aliphatic heterocycles. The Morgan fingerprint density at radius 3 is 2.56 bits per heavy atom. The predicted octanol–water partition coefficient (Wildman–Crippen LogP) is 2.99. The van der Waals surface area contributed by atoms with E-state index >= 15 is 0 Å². The molecule has 0 radical (unpaired) electrons. The Kier molecular flexibility index (Phi) is 3.01. The van der Waals surface area contributed by atoms with Crippen LogP contribution in [0, 0.1) is 0 Å². The van der Waals surface area contributed by atoms with Gasteiger partial charge in [-0.1, -0.05) is 20.8 Å². The lowest BCUT2D eigenvalue weighted by Gasteiger charge is -2.13. The van der Waals surface area contributed by atoms with Crippen LogP contribution in [0.4, 0.5) is 0 Å². The van der Waals surface area contributed by atoms with Gasteiger partial charge in [-0.3, -0.25) is 4.68 Å². The molecule has 0 fully saturated rings. The van der Waals surface area contributed by atoms with Crippen LogP contribution >= 0.6 is 11.3 Å². The highest BCUT2D eigenvalue weighted by atomic mass is 32.1. The first-order chi connectivity index (χ1) is 7.55. The summed E-state index contributed by atoms with van der Waals surface area (Å²) in [6.45, 7) is 7.33. The molecular formula is C12H17N3S. The van der Waals surface area contributed by atoms with Gasteiger partial charge >= 0.3 is 0 Å². The van der Waals surface area contributed by atoms with Gasteiger partial charge in [-0.2, -0.15) is 0 Å². The summed E-state index contributed by atoms with van der Waals surface area (Å²) >= 11 is 1.73. The van der Waals surface area contributed by atoms with E-state index in [1.54, 1.807) is 11.3 Å². The summed E-state index contributed by atoms with van der Waals surface area (Å²) in [6, 6.07) is 3.99. The van der Waals surface area contributed by atoms with E-state index in [1.165, 1.54) is 5.01 Å². The van der Waals surface area contributed by atoms with Crippen LogP contribution < -0.4 is 5.43 Å². The van der Waals surface area contributed by atoms with Gasteiger partial charge in [-0.05, 0) is 12.1 Å². The van der Waals surface area contributed by atoms with Gasteiger partial charge in [0.2, 0.25) is 0 Å². The molecule has 2 aromatic heterocycles. The SMILES string of the molecule is CC(C)(C)c1nc(CNn2cccc2)cs1. The molecular weight excluding hydrogens is 218 g/mol. The van der Waals surface area contributed by atoms with E-state index < -0.39 is 0 Å². The smallest absolute Gasteiger partial charge is 0.0982 e. The summed E-state index contributed by atoms with van der Waals surface area (Å²) in [6.07, 6.45) is 3.97. The lowest BCUT2D eigenvalue weighted by Crippen LogP contribution is -2.14. The lowest BCUT2D eigenvalue weighted by molar-refractivity contribution is 0.583. The van der Waals surface area contributed by atoms with Crippen molar-refractivity contribution >= 4 is 11.3 Å². The molecule has 0 bridgehead atoms. The van der Waals surface area contributed by atoms with Gasteiger partial charge in [-0.25, -0.2) is 4.98 Å². The molecule has 0 aliphatic carbocycles. The molecule has 86 valence electrons. The molecule has 3 nitrogen and oxygen atoms in total. The number of rotatable bonds is 3. The van der Waals surface area contributed by atoms with Gasteiger partial charge in [0.05, 0.1) is 17.2 Å². The summed E-state index contributed by atoms with van der Waals surface area (Å²) in [5, 5.41) is 3.31. The quantitative estimate of drug-likeness (QED) is 0.886. The first-order valence-corrected chi connectivity index (χ1v) is 6.25. The average Bonchev–Trinajstić information content (AvgIpc) is 2.85. The second kappa shape index (κ2) is 4.29. The Labute approximate surface area is 100 Å². The largest absolute Gasteiger partial charge is 0.320 e. The maximum atomic E-state index is 4.62. The Morgan fingerprint density at radius 2 is 2.00 bits per heavy atom. The normalized spacial score (nSPS) is 11.7. The summed E-state index contributed by atoms with van der Waals surface area (Å²) in [5.74, 6) is 0. The zero-order chi connectivity index (χ0) is 11.6. The first kappa shape index (κ1) is 11.2. The van der Waals surface area contributed by atoms with Crippen molar-refractivity contribution in [2.45, 2.75) is 32.7 Å². The molecule has 0 atom stereocenters. The van der Waals surface area contributed by atoms with E-state index in [1.807, 2.05) is 29.2 Å². The van der Waals surface area contributed by atoms with Crippen molar-refractivity contribution in [1.82, 2.24) is 9.66 Å². The van der Waals surface area contributed by atoms with Crippen LogP contribution in [0.3, 0.4) is 0 Å². The van der Waals surface area contributed by atoms with Crippen LogP contribution in [0.5, 0.6) is 0 Å². The van der Waals surface area contributed by atoms with Gasteiger partial charge in [0.15, 0.2) is 0 Å². The molecule has 0 amide bonds. The molecule has 1 N–H and O–H groups in total. The second-order valence-electron chi connectivity index (χ2n) is 4.82. The maximum absolute atomic E-state index is 4.62. The monoisotopic (exact) mass is 235 g/mol. The molecule has 0 spiro atoms. The number of nitrogens with one attached hydrogen (secondary N) is 1. The predicted molar refractivity (Wildman–Crippen MR) is 68.3 cm³/mol. The number of thiazole rings is 1. The van der Waals surface area contributed by atoms with Crippen LogP contribution in [0.1, 0.15) is 31.5 Å². The van der Waals surface area contributed by atoms with Gasteiger partial charge in [0.25, 0.3) is 0 Å². The summed E-state index contributed by atoms with van der Waals surface area (Å²) in [4.78, 5) is 4.62. The van der Waals surface area contributed by atoms with Crippen LogP contribution in [-0.2, 0) is 12.0 Å². The highest BCUT2D eigenvalue weighted by molar-refractivity contribution is 7.09. The molecule has 0 saturated heterocycles. The van der Waals surface area contributed by atoms with Crippen LogP contribution in [-0.4, -0.2) is 9.66 Å². The lowest BCUT2D eigenvalue weighted by atomic mass is 9.98. The molecule has 2 heterocycles. The topological polar surface area (TPSA) is 29.9 Å². The van der Waals surface area contributed by atoms with Crippen molar-refractivity contribution in [3.63, 3.8) is 0 Å². The van der Waals surface area contributed by atoms with Gasteiger partial charge in [0.1, 0.15) is 0 Å². The third-order valence-electron chi connectivity index (χ3n) is 2.24. The molecule has 0 aliphatic rings. The molecule has 4 heteroatoms.